The highest BCUT2D eigenvalue weighted by atomic mass is 79.9. The van der Waals surface area contributed by atoms with Crippen molar-refractivity contribution in [2.75, 3.05) is 7.05 Å². The maximum atomic E-state index is 13.3. The number of likely N-dealkylation sites (N-methyl/N-ethyl adjacent to an activating group) is 1. The highest BCUT2D eigenvalue weighted by molar-refractivity contribution is 9.10. The van der Waals surface area contributed by atoms with E-state index in [9.17, 15) is 4.39 Å². The predicted octanol–water partition coefficient (Wildman–Crippen LogP) is 5.37. The predicted molar refractivity (Wildman–Crippen MR) is 89.3 cm³/mol. The number of fused-ring (bicyclic) bond motifs is 1. The molecule has 1 nitrogen and oxygen atoms in total. The van der Waals surface area contributed by atoms with E-state index in [1.165, 1.54) is 15.8 Å². The van der Waals surface area contributed by atoms with Gasteiger partial charge < -0.3 is 5.32 Å². The summed E-state index contributed by atoms with van der Waals surface area (Å²) in [6, 6.07) is 9.46. The van der Waals surface area contributed by atoms with Crippen LogP contribution in [0.25, 0.3) is 10.1 Å². The molecule has 0 aliphatic heterocycles. The Hall–Kier alpha value is -0.750. The van der Waals surface area contributed by atoms with Crippen molar-refractivity contribution in [3.05, 3.63) is 55.8 Å². The summed E-state index contributed by atoms with van der Waals surface area (Å²) in [7, 11) is 1.97. The van der Waals surface area contributed by atoms with Gasteiger partial charge in [-0.2, -0.15) is 0 Å². The fourth-order valence-corrected chi connectivity index (χ4v) is 4.96. The number of rotatable bonds is 4. The SMILES string of the molecule is CNC(Cc1sccc1Br)c1cc2ccc(F)cc2s1. The van der Waals surface area contributed by atoms with Gasteiger partial charge in [0.1, 0.15) is 5.82 Å². The molecule has 0 fully saturated rings. The molecule has 1 N–H and O–H groups in total. The molecule has 1 aromatic carbocycles. The monoisotopic (exact) mass is 369 g/mol. The summed E-state index contributed by atoms with van der Waals surface area (Å²) in [6.45, 7) is 0. The zero-order chi connectivity index (χ0) is 14.1. The maximum absolute atomic E-state index is 13.3. The summed E-state index contributed by atoms with van der Waals surface area (Å²) in [4.78, 5) is 2.57. The number of thiophene rings is 2. The Morgan fingerprint density at radius 3 is 2.85 bits per heavy atom. The topological polar surface area (TPSA) is 12.0 Å². The van der Waals surface area contributed by atoms with Gasteiger partial charge in [0.2, 0.25) is 0 Å². The second-order valence-corrected chi connectivity index (χ2v) is 7.54. The van der Waals surface area contributed by atoms with Crippen LogP contribution in [-0.4, -0.2) is 7.05 Å². The third-order valence-electron chi connectivity index (χ3n) is 3.27. The van der Waals surface area contributed by atoms with Crippen molar-refractivity contribution in [2.24, 2.45) is 0 Å². The highest BCUT2D eigenvalue weighted by Gasteiger charge is 2.16. The van der Waals surface area contributed by atoms with Crippen molar-refractivity contribution in [3.8, 4) is 0 Å². The lowest BCUT2D eigenvalue weighted by Gasteiger charge is -2.13. The van der Waals surface area contributed by atoms with Crippen LogP contribution in [0, 0.1) is 5.82 Å². The Labute approximate surface area is 133 Å². The minimum atomic E-state index is -0.173. The van der Waals surface area contributed by atoms with Gasteiger partial charge in [0.05, 0.1) is 0 Å². The fraction of sp³-hybridized carbons (Fsp3) is 0.200. The summed E-state index contributed by atoms with van der Waals surface area (Å²) >= 11 is 6.99. The molecule has 0 spiro atoms. The van der Waals surface area contributed by atoms with Gasteiger partial charge in [0, 0.05) is 31.4 Å². The molecule has 20 heavy (non-hydrogen) atoms. The Balaban J connectivity index is 1.92. The highest BCUT2D eigenvalue weighted by Crippen LogP contribution is 2.34. The molecule has 3 rings (SSSR count). The summed E-state index contributed by atoms with van der Waals surface area (Å²) in [5.41, 5.74) is 0. The summed E-state index contributed by atoms with van der Waals surface area (Å²) in [5.74, 6) is -0.173. The molecule has 0 radical (unpaired) electrons. The Morgan fingerprint density at radius 1 is 1.30 bits per heavy atom. The second-order valence-electron chi connectivity index (χ2n) is 4.57. The fourth-order valence-electron chi connectivity index (χ4n) is 2.20. The summed E-state index contributed by atoms with van der Waals surface area (Å²) < 4.78 is 15.4. The molecule has 0 amide bonds. The standard InChI is InChI=1S/C15H13BrFNS2/c1-18-12(8-14-11(16)4-5-19-14)15-6-9-2-3-10(17)7-13(9)20-15/h2-7,12,18H,8H2,1H3. The molecule has 2 heterocycles. The average Bonchev–Trinajstić information content (AvgIpc) is 3.01. The third-order valence-corrected chi connectivity index (χ3v) is 6.43. The van der Waals surface area contributed by atoms with E-state index in [2.05, 4.69) is 38.8 Å². The lowest BCUT2D eigenvalue weighted by molar-refractivity contribution is 0.606. The lowest BCUT2D eigenvalue weighted by Crippen LogP contribution is -2.17. The van der Waals surface area contributed by atoms with Gasteiger partial charge in [0.25, 0.3) is 0 Å². The molecular weight excluding hydrogens is 357 g/mol. The van der Waals surface area contributed by atoms with Crippen molar-refractivity contribution in [2.45, 2.75) is 12.5 Å². The number of nitrogens with one attached hydrogen (secondary N) is 1. The molecule has 5 heteroatoms. The van der Waals surface area contributed by atoms with E-state index in [-0.39, 0.29) is 11.9 Å². The van der Waals surface area contributed by atoms with E-state index in [0.717, 1.165) is 21.0 Å². The molecule has 2 aromatic heterocycles. The van der Waals surface area contributed by atoms with Crippen molar-refractivity contribution in [3.63, 3.8) is 0 Å². The van der Waals surface area contributed by atoms with Crippen LogP contribution in [-0.2, 0) is 6.42 Å². The van der Waals surface area contributed by atoms with Crippen molar-refractivity contribution in [1.82, 2.24) is 5.32 Å². The van der Waals surface area contributed by atoms with Gasteiger partial charge in [-0.05, 0) is 58.0 Å². The van der Waals surface area contributed by atoms with Crippen LogP contribution in [0.1, 0.15) is 15.8 Å². The molecule has 0 aliphatic rings. The van der Waals surface area contributed by atoms with Gasteiger partial charge in [-0.1, -0.05) is 6.07 Å². The summed E-state index contributed by atoms with van der Waals surface area (Å²) in [6.07, 6.45) is 0.935. The van der Waals surface area contributed by atoms with E-state index in [1.54, 1.807) is 28.7 Å². The normalized spacial score (nSPS) is 12.9. The van der Waals surface area contributed by atoms with Crippen LogP contribution in [0.3, 0.4) is 0 Å². The largest absolute Gasteiger partial charge is 0.312 e. The smallest absolute Gasteiger partial charge is 0.124 e. The van der Waals surface area contributed by atoms with E-state index >= 15 is 0 Å². The Morgan fingerprint density at radius 2 is 2.15 bits per heavy atom. The molecule has 1 atom stereocenters. The first-order valence-electron chi connectivity index (χ1n) is 6.25. The number of hydrogen-bond donors (Lipinski definition) is 1. The second kappa shape index (κ2) is 5.93. The van der Waals surface area contributed by atoms with Crippen LogP contribution < -0.4 is 5.32 Å². The molecule has 0 saturated carbocycles. The minimum absolute atomic E-state index is 0.173. The quantitative estimate of drug-likeness (QED) is 0.651. The number of halogens is 2. The minimum Gasteiger partial charge on any atom is -0.312 e. The molecule has 0 saturated heterocycles. The molecule has 0 bridgehead atoms. The van der Waals surface area contributed by atoms with Gasteiger partial charge in [-0.15, -0.1) is 22.7 Å². The average molecular weight is 370 g/mol. The molecule has 1 unspecified atom stereocenters. The summed E-state index contributed by atoms with van der Waals surface area (Å²) in [5, 5.41) is 6.56. The molecule has 104 valence electrons. The number of benzene rings is 1. The van der Waals surface area contributed by atoms with Gasteiger partial charge in [-0.25, -0.2) is 4.39 Å². The van der Waals surface area contributed by atoms with E-state index in [4.69, 9.17) is 0 Å². The third kappa shape index (κ3) is 2.81. The van der Waals surface area contributed by atoms with E-state index in [0.29, 0.717) is 0 Å². The van der Waals surface area contributed by atoms with Crippen molar-refractivity contribution in [1.29, 1.82) is 0 Å². The Bertz CT molecular complexity index is 734. The van der Waals surface area contributed by atoms with Crippen LogP contribution in [0.15, 0.2) is 40.2 Å². The van der Waals surface area contributed by atoms with E-state index < -0.39 is 0 Å². The molecule has 0 aliphatic carbocycles. The van der Waals surface area contributed by atoms with Gasteiger partial charge >= 0.3 is 0 Å². The molecular formula is C15H13BrFNS2. The number of hydrogen-bond acceptors (Lipinski definition) is 3. The van der Waals surface area contributed by atoms with Crippen molar-refractivity contribution < 1.29 is 4.39 Å². The lowest BCUT2D eigenvalue weighted by atomic mass is 10.1. The van der Waals surface area contributed by atoms with Crippen LogP contribution in [0.5, 0.6) is 0 Å². The van der Waals surface area contributed by atoms with E-state index in [1.807, 2.05) is 13.1 Å². The van der Waals surface area contributed by atoms with Crippen LogP contribution in [0.4, 0.5) is 4.39 Å². The zero-order valence-corrected chi connectivity index (χ0v) is 14.0. The molecule has 3 aromatic rings. The van der Waals surface area contributed by atoms with Crippen LogP contribution >= 0.6 is 38.6 Å². The Kier molecular flexibility index (Phi) is 4.21. The van der Waals surface area contributed by atoms with Gasteiger partial charge in [0.15, 0.2) is 0 Å². The first-order valence-corrected chi connectivity index (χ1v) is 8.74. The first-order chi connectivity index (χ1) is 9.67. The zero-order valence-electron chi connectivity index (χ0n) is 10.8. The van der Waals surface area contributed by atoms with Crippen molar-refractivity contribution >= 4 is 48.7 Å². The first kappa shape index (κ1) is 14.2. The maximum Gasteiger partial charge on any atom is 0.124 e. The van der Waals surface area contributed by atoms with Gasteiger partial charge in [-0.3, -0.25) is 0 Å². The van der Waals surface area contributed by atoms with Crippen LogP contribution in [0.2, 0.25) is 0 Å².